The molecule has 3 aliphatic rings. The zero-order valence-corrected chi connectivity index (χ0v) is 8.41. The van der Waals surface area contributed by atoms with Gasteiger partial charge in [-0.3, -0.25) is 0 Å². The molecule has 4 nitrogen and oxygen atoms in total. The zero-order chi connectivity index (χ0) is 11.0. The first-order valence-electron chi connectivity index (χ1n) is 4.91. The van der Waals surface area contributed by atoms with Crippen LogP contribution in [0.4, 0.5) is 0 Å². The fraction of sp³-hybridized carbons (Fsp3) is 0. The zero-order valence-electron chi connectivity index (χ0n) is 8.41. The molecule has 0 N–H and O–H groups in total. The largest absolute Gasteiger partial charge is 0.237 e. The van der Waals surface area contributed by atoms with E-state index in [0.717, 1.165) is 11.4 Å². The van der Waals surface area contributed by atoms with E-state index in [1.165, 1.54) is 0 Å². The van der Waals surface area contributed by atoms with Gasteiger partial charge in [0, 0.05) is 12.4 Å². The molecular weight excluding hydrogens is 200 g/mol. The van der Waals surface area contributed by atoms with E-state index >= 15 is 0 Å². The summed E-state index contributed by atoms with van der Waals surface area (Å²) in [5, 5.41) is 16.8. The third-order valence-electron chi connectivity index (χ3n) is 2.45. The van der Waals surface area contributed by atoms with E-state index in [1.54, 1.807) is 23.6 Å². The van der Waals surface area contributed by atoms with Crippen LogP contribution in [0.25, 0.3) is 0 Å². The summed E-state index contributed by atoms with van der Waals surface area (Å²) in [6, 6.07) is 2.12. The van der Waals surface area contributed by atoms with Crippen molar-refractivity contribution in [2.75, 3.05) is 0 Å². The number of hydrogen-bond acceptors (Lipinski definition) is 4. The monoisotopic (exact) mass is 208 g/mol. The topological polar surface area (TPSA) is 42.6 Å². The van der Waals surface area contributed by atoms with E-state index in [0.29, 0.717) is 5.57 Å². The quantitative estimate of drug-likeness (QED) is 0.609. The lowest BCUT2D eigenvalue weighted by atomic mass is 10.2. The summed E-state index contributed by atoms with van der Waals surface area (Å²) in [7, 11) is 0. The Balaban J connectivity index is 2.06. The SMILES string of the molecule is N#CC1=CN2C3=CC=CC=CC3=NN2C=C1. The van der Waals surface area contributed by atoms with E-state index in [2.05, 4.69) is 11.2 Å². The number of fused-ring (bicyclic) bond motifs is 3. The number of hydrogen-bond donors (Lipinski definition) is 0. The average Bonchev–Trinajstić information content (AvgIpc) is 2.50. The molecule has 16 heavy (non-hydrogen) atoms. The lowest BCUT2D eigenvalue weighted by Gasteiger charge is -2.25. The second-order valence-electron chi connectivity index (χ2n) is 3.46. The van der Waals surface area contributed by atoms with E-state index in [9.17, 15) is 0 Å². The molecule has 76 valence electrons. The summed E-state index contributed by atoms with van der Waals surface area (Å²) in [6.07, 6.45) is 15.1. The highest BCUT2D eigenvalue weighted by molar-refractivity contribution is 6.09. The van der Waals surface area contributed by atoms with Crippen molar-refractivity contribution < 1.29 is 0 Å². The van der Waals surface area contributed by atoms with Crippen LogP contribution in [0.5, 0.6) is 0 Å². The van der Waals surface area contributed by atoms with Crippen LogP contribution < -0.4 is 0 Å². The molecule has 0 amide bonds. The van der Waals surface area contributed by atoms with Gasteiger partial charge in [0.1, 0.15) is 11.8 Å². The van der Waals surface area contributed by atoms with Crippen molar-refractivity contribution in [3.63, 3.8) is 0 Å². The Morgan fingerprint density at radius 2 is 2.12 bits per heavy atom. The van der Waals surface area contributed by atoms with Gasteiger partial charge >= 0.3 is 0 Å². The van der Waals surface area contributed by atoms with Crippen LogP contribution in [-0.2, 0) is 0 Å². The molecule has 0 radical (unpaired) electrons. The Morgan fingerprint density at radius 3 is 3.00 bits per heavy atom. The standard InChI is InChI=1S/C12H8N4/c13-8-10-6-7-16-14-11-4-2-1-3-5-12(11)15(16)9-10/h1-7,9H. The fourth-order valence-electron chi connectivity index (χ4n) is 1.70. The van der Waals surface area contributed by atoms with Crippen LogP contribution in [0.2, 0.25) is 0 Å². The van der Waals surface area contributed by atoms with Crippen molar-refractivity contribution in [1.29, 1.82) is 5.26 Å². The first-order valence-corrected chi connectivity index (χ1v) is 4.91. The molecule has 0 unspecified atom stereocenters. The number of allylic oxidation sites excluding steroid dienone is 7. The summed E-state index contributed by atoms with van der Waals surface area (Å²) < 4.78 is 0. The van der Waals surface area contributed by atoms with E-state index in [1.807, 2.05) is 35.4 Å². The van der Waals surface area contributed by atoms with Crippen LogP contribution >= 0.6 is 0 Å². The Bertz CT molecular complexity index is 552. The van der Waals surface area contributed by atoms with Crippen molar-refractivity contribution in [1.82, 2.24) is 10.1 Å². The molecular formula is C12H8N4. The van der Waals surface area contributed by atoms with Gasteiger partial charge in [0.05, 0.1) is 11.3 Å². The molecule has 0 spiro atoms. The molecule has 0 bridgehead atoms. The van der Waals surface area contributed by atoms with Crippen molar-refractivity contribution in [3.8, 4) is 6.07 Å². The van der Waals surface area contributed by atoms with Crippen molar-refractivity contribution in [2.24, 2.45) is 5.10 Å². The lowest BCUT2D eigenvalue weighted by molar-refractivity contribution is 0.145. The average molecular weight is 208 g/mol. The Morgan fingerprint density at radius 1 is 1.19 bits per heavy atom. The van der Waals surface area contributed by atoms with E-state index in [-0.39, 0.29) is 0 Å². The van der Waals surface area contributed by atoms with E-state index in [4.69, 9.17) is 5.26 Å². The predicted octanol–water partition coefficient (Wildman–Crippen LogP) is 1.82. The van der Waals surface area contributed by atoms with Gasteiger partial charge in [-0.2, -0.15) is 15.5 Å². The van der Waals surface area contributed by atoms with Crippen LogP contribution in [-0.4, -0.2) is 15.8 Å². The van der Waals surface area contributed by atoms with Crippen LogP contribution in [0.15, 0.2) is 65.2 Å². The number of hydrazine groups is 1. The van der Waals surface area contributed by atoms with Gasteiger partial charge < -0.3 is 0 Å². The Kier molecular flexibility index (Phi) is 1.77. The summed E-state index contributed by atoms with van der Waals surface area (Å²) in [6.45, 7) is 0. The summed E-state index contributed by atoms with van der Waals surface area (Å²) in [5.74, 6) is 0. The Hall–Kier alpha value is -2.54. The van der Waals surface area contributed by atoms with Crippen LogP contribution in [0.3, 0.4) is 0 Å². The fourth-order valence-corrected chi connectivity index (χ4v) is 1.70. The van der Waals surface area contributed by atoms with Crippen molar-refractivity contribution in [2.45, 2.75) is 0 Å². The van der Waals surface area contributed by atoms with Gasteiger partial charge in [-0.15, -0.1) is 0 Å². The third kappa shape index (κ3) is 1.19. The molecule has 1 aliphatic carbocycles. The maximum atomic E-state index is 8.86. The molecule has 2 aliphatic heterocycles. The Labute approximate surface area is 93.0 Å². The van der Waals surface area contributed by atoms with Gasteiger partial charge in [0.15, 0.2) is 0 Å². The molecule has 4 heteroatoms. The molecule has 2 heterocycles. The van der Waals surface area contributed by atoms with Gasteiger partial charge in [0.25, 0.3) is 0 Å². The van der Waals surface area contributed by atoms with Gasteiger partial charge in [0.2, 0.25) is 0 Å². The second-order valence-corrected chi connectivity index (χ2v) is 3.46. The van der Waals surface area contributed by atoms with E-state index < -0.39 is 0 Å². The molecule has 0 saturated carbocycles. The van der Waals surface area contributed by atoms with Crippen molar-refractivity contribution >= 4 is 5.71 Å². The van der Waals surface area contributed by atoms with Crippen molar-refractivity contribution in [3.05, 3.63) is 60.1 Å². The predicted molar refractivity (Wildman–Crippen MR) is 60.3 cm³/mol. The molecule has 3 rings (SSSR count). The van der Waals surface area contributed by atoms with Gasteiger partial charge in [-0.25, -0.2) is 5.01 Å². The minimum Gasteiger partial charge on any atom is -0.237 e. The molecule has 0 aromatic rings. The highest BCUT2D eigenvalue weighted by atomic mass is 15.8. The maximum Gasteiger partial charge on any atom is 0.111 e. The number of nitrogens with zero attached hydrogens (tertiary/aromatic N) is 4. The second kappa shape index (κ2) is 3.24. The minimum atomic E-state index is 0.616. The van der Waals surface area contributed by atoms with Crippen LogP contribution in [0, 0.1) is 11.3 Å². The number of nitriles is 1. The first-order chi connectivity index (χ1) is 7.88. The number of rotatable bonds is 0. The van der Waals surface area contributed by atoms with Crippen LogP contribution in [0.1, 0.15) is 0 Å². The highest BCUT2D eigenvalue weighted by Gasteiger charge is 2.26. The molecule has 0 aromatic heterocycles. The maximum absolute atomic E-state index is 8.86. The highest BCUT2D eigenvalue weighted by Crippen LogP contribution is 2.26. The van der Waals surface area contributed by atoms with Gasteiger partial charge in [-0.1, -0.05) is 18.2 Å². The first kappa shape index (κ1) is 8.74. The lowest BCUT2D eigenvalue weighted by Crippen LogP contribution is -2.27. The molecule has 0 fully saturated rings. The third-order valence-corrected chi connectivity index (χ3v) is 2.45. The molecule has 0 saturated heterocycles. The summed E-state index contributed by atoms with van der Waals surface area (Å²) >= 11 is 0. The normalized spacial score (nSPS) is 20.6. The minimum absolute atomic E-state index is 0.616. The molecule has 0 atom stereocenters. The summed E-state index contributed by atoms with van der Waals surface area (Å²) in [5.41, 5.74) is 2.48. The number of hydrazone groups is 1. The van der Waals surface area contributed by atoms with Gasteiger partial charge in [-0.05, 0) is 18.2 Å². The summed E-state index contributed by atoms with van der Waals surface area (Å²) in [4.78, 5) is 0. The smallest absolute Gasteiger partial charge is 0.111 e. The molecule has 0 aromatic carbocycles.